The van der Waals surface area contributed by atoms with E-state index in [0.717, 1.165) is 22.5 Å². The number of carbonyl (C=O) groups is 2. The molecule has 0 atom stereocenters. The molecule has 0 aliphatic heterocycles. The van der Waals surface area contributed by atoms with Crippen molar-refractivity contribution >= 4 is 56.5 Å². The fraction of sp³-hybridized carbons (Fsp3) is 0.0667. The molecular weight excluding hydrogens is 476 g/mol. The Morgan fingerprint density at radius 3 is 1.32 bits per heavy atom. The van der Waals surface area contributed by atoms with Crippen molar-refractivity contribution in [3.63, 3.8) is 0 Å². The SMILES string of the molecule is CNc1ccccc1N=NC1=CC(=O)c2ccc3c4c(ccc1c24)C(N=Nc1ccccc1NC)=CC3=O. The molecule has 38 heavy (non-hydrogen) atoms. The predicted octanol–water partition coefficient (Wildman–Crippen LogP) is 7.57. The Balaban J connectivity index is 1.48. The van der Waals surface area contributed by atoms with E-state index in [-0.39, 0.29) is 11.6 Å². The molecule has 0 saturated heterocycles. The maximum atomic E-state index is 13.2. The van der Waals surface area contributed by atoms with Gasteiger partial charge in [0, 0.05) is 59.3 Å². The lowest BCUT2D eigenvalue weighted by molar-refractivity contribution is 0.103. The first-order valence-corrected chi connectivity index (χ1v) is 12.1. The lowest BCUT2D eigenvalue weighted by atomic mass is 9.82. The summed E-state index contributed by atoms with van der Waals surface area (Å²) in [6.45, 7) is 0. The molecule has 0 bridgehead atoms. The number of nitrogens with zero attached hydrogens (tertiary/aromatic N) is 4. The minimum atomic E-state index is -0.190. The number of ketones is 2. The molecule has 0 saturated carbocycles. The third-order valence-electron chi connectivity index (χ3n) is 6.66. The van der Waals surface area contributed by atoms with Gasteiger partial charge in [0.2, 0.25) is 0 Å². The van der Waals surface area contributed by atoms with Crippen molar-refractivity contribution < 1.29 is 9.59 Å². The van der Waals surface area contributed by atoms with Gasteiger partial charge in [-0.2, -0.15) is 0 Å². The molecule has 2 aliphatic rings. The van der Waals surface area contributed by atoms with E-state index in [4.69, 9.17) is 0 Å². The van der Waals surface area contributed by atoms with Crippen molar-refractivity contribution in [1.82, 2.24) is 0 Å². The van der Waals surface area contributed by atoms with Gasteiger partial charge in [0.25, 0.3) is 0 Å². The standard InChI is InChI=1S/C30H22N6O2/c1-31-21-7-3-5-9-23(21)33-35-25-15-27(37)19-13-14-20-28(38)16-26(18-12-11-17(25)29(19)30(18)20)36-34-24-10-6-4-8-22(24)32-2/h3-16,31-32H,1-2H3. The van der Waals surface area contributed by atoms with E-state index < -0.39 is 0 Å². The Bertz CT molecular complexity index is 1650. The summed E-state index contributed by atoms with van der Waals surface area (Å²) in [7, 11) is 3.63. The normalized spacial score (nSPS) is 14.3. The number of benzene rings is 4. The summed E-state index contributed by atoms with van der Waals surface area (Å²) in [5, 5.41) is 25.2. The van der Waals surface area contributed by atoms with Crippen LogP contribution in [0.2, 0.25) is 0 Å². The molecule has 8 heteroatoms. The van der Waals surface area contributed by atoms with Crippen molar-refractivity contribution in [2.75, 3.05) is 24.7 Å². The number of azo groups is 2. The van der Waals surface area contributed by atoms with Gasteiger partial charge in [-0.05, 0) is 36.4 Å². The third-order valence-corrected chi connectivity index (χ3v) is 6.66. The van der Waals surface area contributed by atoms with E-state index in [1.54, 1.807) is 12.1 Å². The van der Waals surface area contributed by atoms with Crippen LogP contribution in [-0.4, -0.2) is 25.7 Å². The van der Waals surface area contributed by atoms with Crippen LogP contribution in [0.4, 0.5) is 22.7 Å². The molecule has 0 unspecified atom stereocenters. The second-order valence-corrected chi connectivity index (χ2v) is 8.79. The number of carbonyl (C=O) groups excluding carboxylic acids is 2. The summed E-state index contributed by atoms with van der Waals surface area (Å²) in [6, 6.07) is 22.2. The van der Waals surface area contributed by atoms with Crippen LogP contribution in [0.15, 0.2) is 105 Å². The smallest absolute Gasteiger partial charge is 0.188 e. The quantitative estimate of drug-likeness (QED) is 0.267. The highest BCUT2D eigenvalue weighted by atomic mass is 16.1. The van der Waals surface area contributed by atoms with Crippen LogP contribution in [0.1, 0.15) is 31.8 Å². The van der Waals surface area contributed by atoms with Gasteiger partial charge in [0.1, 0.15) is 11.4 Å². The topological polar surface area (TPSA) is 108 Å². The fourth-order valence-electron chi connectivity index (χ4n) is 4.82. The summed E-state index contributed by atoms with van der Waals surface area (Å²) in [6.07, 6.45) is 2.97. The number of hydrogen-bond acceptors (Lipinski definition) is 8. The first-order valence-electron chi connectivity index (χ1n) is 12.1. The molecule has 6 rings (SSSR count). The zero-order chi connectivity index (χ0) is 26.2. The molecule has 0 aromatic heterocycles. The molecule has 4 aromatic carbocycles. The van der Waals surface area contributed by atoms with Crippen molar-refractivity contribution in [3.05, 3.63) is 107 Å². The number of anilines is 2. The number of para-hydroxylation sites is 2. The number of rotatable bonds is 6. The Hall–Kier alpha value is -5.24. The first kappa shape index (κ1) is 23.2. The monoisotopic (exact) mass is 498 g/mol. The molecule has 4 aromatic rings. The highest BCUT2D eigenvalue weighted by Crippen LogP contribution is 2.42. The number of nitrogens with one attached hydrogen (secondary N) is 2. The van der Waals surface area contributed by atoms with Crippen LogP contribution < -0.4 is 10.6 Å². The zero-order valence-corrected chi connectivity index (χ0v) is 20.7. The van der Waals surface area contributed by atoms with E-state index in [1.165, 1.54) is 12.2 Å². The lowest BCUT2D eigenvalue weighted by Crippen LogP contribution is -2.11. The second kappa shape index (κ2) is 9.33. The summed E-state index contributed by atoms with van der Waals surface area (Å²) in [5.41, 5.74) is 6.32. The van der Waals surface area contributed by atoms with Gasteiger partial charge in [-0.25, -0.2) is 0 Å². The van der Waals surface area contributed by atoms with Crippen LogP contribution in [0.25, 0.3) is 22.2 Å². The molecular formula is C30H22N6O2. The first-order chi connectivity index (χ1) is 18.6. The molecule has 8 nitrogen and oxygen atoms in total. The molecule has 2 N–H and O–H groups in total. The van der Waals surface area contributed by atoms with Crippen LogP contribution in [0.3, 0.4) is 0 Å². The highest BCUT2D eigenvalue weighted by Gasteiger charge is 2.28. The number of hydrogen-bond donors (Lipinski definition) is 2. The fourth-order valence-corrected chi connectivity index (χ4v) is 4.82. The van der Waals surface area contributed by atoms with E-state index in [2.05, 4.69) is 31.1 Å². The van der Waals surface area contributed by atoms with Gasteiger partial charge in [0.05, 0.1) is 22.8 Å². The average molecular weight is 499 g/mol. The van der Waals surface area contributed by atoms with Crippen molar-refractivity contribution in [2.45, 2.75) is 0 Å². The largest absolute Gasteiger partial charge is 0.386 e. The minimum Gasteiger partial charge on any atom is -0.386 e. The Morgan fingerprint density at radius 2 is 0.895 bits per heavy atom. The Kier molecular flexibility index (Phi) is 5.69. The van der Waals surface area contributed by atoms with Crippen molar-refractivity contribution in [2.24, 2.45) is 20.5 Å². The summed E-state index contributed by atoms with van der Waals surface area (Å²) < 4.78 is 0. The molecule has 184 valence electrons. The van der Waals surface area contributed by atoms with Crippen LogP contribution in [0.5, 0.6) is 0 Å². The molecule has 0 amide bonds. The minimum absolute atomic E-state index is 0.190. The summed E-state index contributed by atoms with van der Waals surface area (Å²) >= 11 is 0. The average Bonchev–Trinajstić information content (AvgIpc) is 2.96. The Morgan fingerprint density at radius 1 is 0.500 bits per heavy atom. The van der Waals surface area contributed by atoms with Crippen molar-refractivity contribution in [3.8, 4) is 0 Å². The molecule has 0 radical (unpaired) electrons. The molecule has 0 heterocycles. The Labute approximate surface area is 218 Å². The van der Waals surface area contributed by atoms with Gasteiger partial charge in [0.15, 0.2) is 11.6 Å². The maximum Gasteiger partial charge on any atom is 0.188 e. The van der Waals surface area contributed by atoms with E-state index in [9.17, 15) is 9.59 Å². The predicted molar refractivity (Wildman–Crippen MR) is 150 cm³/mol. The maximum absolute atomic E-state index is 13.2. The third kappa shape index (κ3) is 3.79. The van der Waals surface area contributed by atoms with Gasteiger partial charge >= 0.3 is 0 Å². The van der Waals surface area contributed by atoms with E-state index in [1.807, 2.05) is 74.8 Å². The van der Waals surface area contributed by atoms with Gasteiger partial charge in [-0.1, -0.05) is 36.4 Å². The van der Waals surface area contributed by atoms with Crippen LogP contribution in [-0.2, 0) is 0 Å². The van der Waals surface area contributed by atoms with Gasteiger partial charge in [-0.15, -0.1) is 20.5 Å². The van der Waals surface area contributed by atoms with Crippen LogP contribution >= 0.6 is 0 Å². The van der Waals surface area contributed by atoms with Gasteiger partial charge in [-0.3, -0.25) is 9.59 Å². The number of allylic oxidation sites excluding steroid dienone is 2. The molecule has 2 aliphatic carbocycles. The zero-order valence-electron chi connectivity index (χ0n) is 20.7. The summed E-state index contributed by atoms with van der Waals surface area (Å²) in [5.74, 6) is -0.379. The van der Waals surface area contributed by atoms with Crippen molar-refractivity contribution in [1.29, 1.82) is 0 Å². The lowest BCUT2D eigenvalue weighted by Gasteiger charge is -2.21. The second-order valence-electron chi connectivity index (χ2n) is 8.79. The summed E-state index contributed by atoms with van der Waals surface area (Å²) in [4.78, 5) is 26.3. The molecule has 0 fully saturated rings. The molecule has 0 spiro atoms. The van der Waals surface area contributed by atoms with E-state index in [0.29, 0.717) is 44.7 Å². The van der Waals surface area contributed by atoms with Crippen LogP contribution in [0, 0.1) is 0 Å². The van der Waals surface area contributed by atoms with Gasteiger partial charge < -0.3 is 10.6 Å². The van der Waals surface area contributed by atoms with E-state index >= 15 is 0 Å². The highest BCUT2D eigenvalue weighted by molar-refractivity contribution is 6.29.